The zero-order valence-electron chi connectivity index (χ0n) is 7.76. The second kappa shape index (κ2) is 6.35. The third-order valence-electron chi connectivity index (χ3n) is 1.55. The molecule has 0 aliphatic carbocycles. The van der Waals surface area contributed by atoms with E-state index in [9.17, 15) is 4.79 Å². The molecule has 1 N–H and O–H groups in total. The molecule has 0 heterocycles. The summed E-state index contributed by atoms with van der Waals surface area (Å²) in [6.45, 7) is 7.30. The van der Waals surface area contributed by atoms with E-state index in [2.05, 4.69) is 26.1 Å². The van der Waals surface area contributed by atoms with Gasteiger partial charge < -0.3 is 10.1 Å². The zero-order chi connectivity index (χ0) is 8.69. The second-order valence-corrected chi connectivity index (χ2v) is 3.33. The van der Waals surface area contributed by atoms with Crippen LogP contribution in [0.1, 0.15) is 33.6 Å². The maximum Gasteiger partial charge on any atom is 0.136 e. The third-order valence-corrected chi connectivity index (χ3v) is 1.55. The first-order valence-electron chi connectivity index (χ1n) is 4.39. The summed E-state index contributed by atoms with van der Waals surface area (Å²) in [6.07, 6.45) is 3.04. The van der Waals surface area contributed by atoms with Crippen LogP contribution in [-0.4, -0.2) is 18.9 Å². The Balaban J connectivity index is 3.49. The van der Waals surface area contributed by atoms with Gasteiger partial charge in [-0.05, 0) is 25.3 Å². The van der Waals surface area contributed by atoms with E-state index in [1.54, 1.807) is 0 Å². The predicted molar refractivity (Wildman–Crippen MR) is 47.6 cm³/mol. The van der Waals surface area contributed by atoms with E-state index in [1.807, 2.05) is 0 Å². The lowest BCUT2D eigenvalue weighted by Crippen LogP contribution is -2.32. The average molecular weight is 157 g/mol. The van der Waals surface area contributed by atoms with Gasteiger partial charge >= 0.3 is 0 Å². The first-order valence-corrected chi connectivity index (χ1v) is 4.39. The molecule has 0 spiro atoms. The third kappa shape index (κ3) is 6.05. The van der Waals surface area contributed by atoms with Crippen LogP contribution < -0.4 is 5.32 Å². The smallest absolute Gasteiger partial charge is 0.136 e. The number of carbonyl (C=O) groups is 1. The first kappa shape index (κ1) is 10.6. The molecule has 66 valence electrons. The van der Waals surface area contributed by atoms with Gasteiger partial charge in [0.2, 0.25) is 0 Å². The summed E-state index contributed by atoms with van der Waals surface area (Å²) in [4.78, 5) is 10.5. The fourth-order valence-corrected chi connectivity index (χ4v) is 1.02. The van der Waals surface area contributed by atoms with E-state index in [-0.39, 0.29) is 6.04 Å². The van der Waals surface area contributed by atoms with Crippen molar-refractivity contribution in [3.8, 4) is 0 Å². The molecular formula is C9H19NO. The number of aldehydes is 1. The summed E-state index contributed by atoms with van der Waals surface area (Å²) >= 11 is 0. The minimum absolute atomic E-state index is 0.0648. The van der Waals surface area contributed by atoms with Gasteiger partial charge in [0.15, 0.2) is 0 Å². The van der Waals surface area contributed by atoms with Gasteiger partial charge in [0.25, 0.3) is 0 Å². The van der Waals surface area contributed by atoms with Gasteiger partial charge in [0, 0.05) is 0 Å². The highest BCUT2D eigenvalue weighted by molar-refractivity contribution is 5.57. The molecular weight excluding hydrogens is 138 g/mol. The highest BCUT2D eigenvalue weighted by Crippen LogP contribution is 2.02. The molecule has 2 heteroatoms. The van der Waals surface area contributed by atoms with Gasteiger partial charge in [0.05, 0.1) is 6.04 Å². The standard InChI is InChI=1S/C9H19NO/c1-4-5-10-9(7-11)6-8(2)3/h7-10H,4-6H2,1-3H3/t9-/m1/s1. The SMILES string of the molecule is CCCN[C@@H](C=O)CC(C)C. The zero-order valence-corrected chi connectivity index (χ0v) is 7.76. The highest BCUT2D eigenvalue weighted by atomic mass is 16.1. The quantitative estimate of drug-likeness (QED) is 0.593. The molecule has 0 unspecified atom stereocenters. The molecule has 0 aliphatic rings. The number of hydrogen-bond donors (Lipinski definition) is 1. The van der Waals surface area contributed by atoms with Crippen molar-refractivity contribution in [2.75, 3.05) is 6.54 Å². The monoisotopic (exact) mass is 157 g/mol. The van der Waals surface area contributed by atoms with E-state index in [0.717, 1.165) is 25.7 Å². The predicted octanol–water partition coefficient (Wildman–Crippen LogP) is 1.60. The van der Waals surface area contributed by atoms with E-state index >= 15 is 0 Å². The van der Waals surface area contributed by atoms with Crippen LogP contribution in [0.3, 0.4) is 0 Å². The number of carbonyl (C=O) groups excluding carboxylic acids is 1. The van der Waals surface area contributed by atoms with Gasteiger partial charge in [-0.2, -0.15) is 0 Å². The van der Waals surface area contributed by atoms with E-state index in [4.69, 9.17) is 0 Å². The Labute approximate surface area is 69.4 Å². The van der Waals surface area contributed by atoms with Crippen LogP contribution in [0.25, 0.3) is 0 Å². The van der Waals surface area contributed by atoms with Crippen LogP contribution in [0.5, 0.6) is 0 Å². The molecule has 0 aromatic carbocycles. The molecule has 2 nitrogen and oxygen atoms in total. The number of nitrogens with one attached hydrogen (secondary N) is 1. The van der Waals surface area contributed by atoms with Gasteiger partial charge in [-0.25, -0.2) is 0 Å². The molecule has 0 aromatic rings. The lowest BCUT2D eigenvalue weighted by atomic mass is 10.1. The van der Waals surface area contributed by atoms with Gasteiger partial charge in [-0.1, -0.05) is 20.8 Å². The summed E-state index contributed by atoms with van der Waals surface area (Å²) in [6, 6.07) is 0.0648. The van der Waals surface area contributed by atoms with Crippen molar-refractivity contribution in [3.05, 3.63) is 0 Å². The minimum atomic E-state index is 0.0648. The van der Waals surface area contributed by atoms with Crippen molar-refractivity contribution in [3.63, 3.8) is 0 Å². The van der Waals surface area contributed by atoms with Crippen molar-refractivity contribution >= 4 is 6.29 Å². The van der Waals surface area contributed by atoms with Crippen molar-refractivity contribution in [2.24, 2.45) is 5.92 Å². The van der Waals surface area contributed by atoms with Crippen LogP contribution in [0.15, 0.2) is 0 Å². The molecule has 0 bridgehead atoms. The Morgan fingerprint density at radius 1 is 1.45 bits per heavy atom. The van der Waals surface area contributed by atoms with Crippen LogP contribution in [-0.2, 0) is 4.79 Å². The first-order chi connectivity index (χ1) is 5.20. The Morgan fingerprint density at radius 3 is 2.45 bits per heavy atom. The van der Waals surface area contributed by atoms with Crippen molar-refractivity contribution in [1.82, 2.24) is 5.32 Å². The molecule has 0 radical (unpaired) electrons. The fourth-order valence-electron chi connectivity index (χ4n) is 1.02. The number of hydrogen-bond acceptors (Lipinski definition) is 2. The van der Waals surface area contributed by atoms with Crippen molar-refractivity contribution < 1.29 is 4.79 Å². The lowest BCUT2D eigenvalue weighted by molar-refractivity contribution is -0.109. The Bertz CT molecular complexity index is 102. The largest absolute Gasteiger partial charge is 0.308 e. The van der Waals surface area contributed by atoms with E-state index in [1.165, 1.54) is 0 Å². The van der Waals surface area contributed by atoms with Crippen LogP contribution in [0.4, 0.5) is 0 Å². The average Bonchev–Trinajstić information content (AvgIpc) is 1.97. The van der Waals surface area contributed by atoms with E-state index < -0.39 is 0 Å². The summed E-state index contributed by atoms with van der Waals surface area (Å²) in [5, 5.41) is 3.18. The van der Waals surface area contributed by atoms with Gasteiger partial charge in [0.1, 0.15) is 6.29 Å². The van der Waals surface area contributed by atoms with Crippen LogP contribution >= 0.6 is 0 Å². The molecule has 0 amide bonds. The summed E-state index contributed by atoms with van der Waals surface area (Å²) in [5.41, 5.74) is 0. The molecule has 1 atom stereocenters. The second-order valence-electron chi connectivity index (χ2n) is 3.33. The Hall–Kier alpha value is -0.370. The van der Waals surface area contributed by atoms with Gasteiger partial charge in [-0.15, -0.1) is 0 Å². The lowest BCUT2D eigenvalue weighted by Gasteiger charge is -2.13. The normalized spacial score (nSPS) is 13.5. The molecule has 0 aromatic heterocycles. The van der Waals surface area contributed by atoms with Crippen LogP contribution in [0.2, 0.25) is 0 Å². The Kier molecular flexibility index (Phi) is 6.13. The van der Waals surface area contributed by atoms with E-state index in [0.29, 0.717) is 5.92 Å². The van der Waals surface area contributed by atoms with Crippen LogP contribution in [0, 0.1) is 5.92 Å². The highest BCUT2D eigenvalue weighted by Gasteiger charge is 2.06. The molecule has 0 fully saturated rings. The van der Waals surface area contributed by atoms with Crippen molar-refractivity contribution in [1.29, 1.82) is 0 Å². The maximum absolute atomic E-state index is 10.5. The summed E-state index contributed by atoms with van der Waals surface area (Å²) in [5.74, 6) is 0.592. The molecule has 0 saturated heterocycles. The fraction of sp³-hybridized carbons (Fsp3) is 0.889. The summed E-state index contributed by atoms with van der Waals surface area (Å²) < 4.78 is 0. The minimum Gasteiger partial charge on any atom is -0.308 e. The maximum atomic E-state index is 10.5. The molecule has 11 heavy (non-hydrogen) atoms. The summed E-state index contributed by atoms with van der Waals surface area (Å²) in [7, 11) is 0. The topological polar surface area (TPSA) is 29.1 Å². The van der Waals surface area contributed by atoms with Gasteiger partial charge in [-0.3, -0.25) is 0 Å². The molecule has 0 rings (SSSR count). The number of rotatable bonds is 6. The molecule has 0 saturated carbocycles. The molecule has 0 aliphatic heterocycles. The van der Waals surface area contributed by atoms with Crippen molar-refractivity contribution in [2.45, 2.75) is 39.7 Å². The Morgan fingerprint density at radius 2 is 2.09 bits per heavy atom.